The third-order valence-electron chi connectivity index (χ3n) is 2.56. The van der Waals surface area contributed by atoms with Crippen molar-refractivity contribution in [2.45, 2.75) is 6.61 Å². The Hall–Kier alpha value is -1.87. The van der Waals surface area contributed by atoms with E-state index in [0.717, 1.165) is 16.9 Å². The quantitative estimate of drug-likeness (QED) is 0.852. The van der Waals surface area contributed by atoms with E-state index in [-0.39, 0.29) is 6.61 Å². The number of anilines is 2. The molecule has 3 heteroatoms. The molecule has 0 aliphatic carbocycles. The lowest BCUT2D eigenvalue weighted by Gasteiger charge is -2.21. The third kappa shape index (κ3) is 2.04. The summed E-state index contributed by atoms with van der Waals surface area (Å²) in [6, 6.07) is 11.8. The Morgan fingerprint density at radius 2 is 1.94 bits per heavy atom. The van der Waals surface area contributed by atoms with Gasteiger partial charge < -0.3 is 10.0 Å². The van der Waals surface area contributed by atoms with Crippen LogP contribution in [0.1, 0.15) is 5.56 Å². The Balaban J connectivity index is 2.37. The first kappa shape index (κ1) is 10.6. The van der Waals surface area contributed by atoms with E-state index in [4.69, 9.17) is 0 Å². The predicted molar refractivity (Wildman–Crippen MR) is 64.7 cm³/mol. The number of hydrogen-bond acceptors (Lipinski definition) is 3. The van der Waals surface area contributed by atoms with Crippen LogP contribution in [0, 0.1) is 0 Å². The standard InChI is InChI=1S/C13H14N2O/c1-15(12-5-3-2-4-6-12)13-9-14-8-7-11(13)10-16/h2-9,16H,10H2,1H3. The molecule has 0 aliphatic heterocycles. The molecule has 1 N–H and O–H groups in total. The Labute approximate surface area is 95.0 Å². The van der Waals surface area contributed by atoms with Gasteiger partial charge in [0.05, 0.1) is 18.5 Å². The first-order valence-corrected chi connectivity index (χ1v) is 5.15. The molecule has 0 aliphatic rings. The molecule has 0 fully saturated rings. The topological polar surface area (TPSA) is 36.4 Å². The first-order chi connectivity index (χ1) is 7.83. The number of hydrogen-bond donors (Lipinski definition) is 1. The summed E-state index contributed by atoms with van der Waals surface area (Å²) in [4.78, 5) is 6.10. The molecule has 0 spiro atoms. The van der Waals surface area contributed by atoms with Crippen LogP contribution in [0.25, 0.3) is 0 Å². The Morgan fingerprint density at radius 3 is 2.62 bits per heavy atom. The SMILES string of the molecule is CN(c1ccccc1)c1cnccc1CO. The zero-order valence-corrected chi connectivity index (χ0v) is 9.17. The first-order valence-electron chi connectivity index (χ1n) is 5.15. The summed E-state index contributed by atoms with van der Waals surface area (Å²) in [5.41, 5.74) is 2.88. The molecule has 0 bridgehead atoms. The maximum atomic E-state index is 9.26. The predicted octanol–water partition coefficient (Wildman–Crippen LogP) is 2.34. The molecule has 0 saturated heterocycles. The fourth-order valence-electron chi connectivity index (χ4n) is 1.64. The number of aromatic nitrogens is 1. The molecule has 82 valence electrons. The van der Waals surface area contributed by atoms with E-state index in [1.54, 1.807) is 12.4 Å². The molecular weight excluding hydrogens is 200 g/mol. The second-order valence-corrected chi connectivity index (χ2v) is 3.56. The van der Waals surface area contributed by atoms with Crippen LogP contribution in [0.15, 0.2) is 48.8 Å². The van der Waals surface area contributed by atoms with E-state index in [1.165, 1.54) is 0 Å². The lowest BCUT2D eigenvalue weighted by molar-refractivity contribution is 0.282. The van der Waals surface area contributed by atoms with Crippen molar-refractivity contribution in [2.75, 3.05) is 11.9 Å². The van der Waals surface area contributed by atoms with Crippen LogP contribution < -0.4 is 4.90 Å². The second-order valence-electron chi connectivity index (χ2n) is 3.56. The highest BCUT2D eigenvalue weighted by Crippen LogP contribution is 2.25. The summed E-state index contributed by atoms with van der Waals surface area (Å²) in [6.45, 7) is 0.0228. The Bertz CT molecular complexity index is 456. The lowest BCUT2D eigenvalue weighted by Crippen LogP contribution is -2.11. The van der Waals surface area contributed by atoms with E-state index in [0.29, 0.717) is 0 Å². The zero-order valence-electron chi connectivity index (χ0n) is 9.17. The highest BCUT2D eigenvalue weighted by atomic mass is 16.3. The maximum absolute atomic E-state index is 9.26. The van der Waals surface area contributed by atoms with Crippen molar-refractivity contribution in [1.29, 1.82) is 0 Å². The van der Waals surface area contributed by atoms with Crippen LogP contribution in [0.5, 0.6) is 0 Å². The lowest BCUT2D eigenvalue weighted by atomic mass is 10.2. The average Bonchev–Trinajstić information content (AvgIpc) is 2.39. The van der Waals surface area contributed by atoms with Gasteiger partial charge in [0.15, 0.2) is 0 Å². The smallest absolute Gasteiger partial charge is 0.0703 e. The van der Waals surface area contributed by atoms with Crippen LogP contribution >= 0.6 is 0 Å². The molecule has 0 unspecified atom stereocenters. The largest absolute Gasteiger partial charge is 0.392 e. The molecule has 16 heavy (non-hydrogen) atoms. The number of aliphatic hydroxyl groups is 1. The number of nitrogens with zero attached hydrogens (tertiary/aromatic N) is 2. The van der Waals surface area contributed by atoms with Gasteiger partial charge in [0, 0.05) is 24.5 Å². The fraction of sp³-hybridized carbons (Fsp3) is 0.154. The maximum Gasteiger partial charge on any atom is 0.0703 e. The van der Waals surface area contributed by atoms with Gasteiger partial charge in [-0.3, -0.25) is 4.98 Å². The molecule has 2 aromatic rings. The van der Waals surface area contributed by atoms with Gasteiger partial charge >= 0.3 is 0 Å². The second kappa shape index (κ2) is 4.77. The van der Waals surface area contributed by atoms with Crippen molar-refractivity contribution < 1.29 is 5.11 Å². The Kier molecular flexibility index (Phi) is 3.17. The van der Waals surface area contributed by atoms with Crippen LogP contribution in [0.4, 0.5) is 11.4 Å². The van der Waals surface area contributed by atoms with Crippen LogP contribution in [-0.4, -0.2) is 17.1 Å². The third-order valence-corrected chi connectivity index (χ3v) is 2.56. The molecule has 0 atom stereocenters. The van der Waals surface area contributed by atoms with Gasteiger partial charge in [-0.15, -0.1) is 0 Å². The number of pyridine rings is 1. The number of benzene rings is 1. The van der Waals surface area contributed by atoms with Crippen molar-refractivity contribution in [3.05, 3.63) is 54.4 Å². The highest BCUT2D eigenvalue weighted by molar-refractivity contribution is 5.64. The number of rotatable bonds is 3. The summed E-state index contributed by atoms with van der Waals surface area (Å²) in [5.74, 6) is 0. The number of aliphatic hydroxyl groups excluding tert-OH is 1. The monoisotopic (exact) mass is 214 g/mol. The Morgan fingerprint density at radius 1 is 1.19 bits per heavy atom. The van der Waals surface area contributed by atoms with Gasteiger partial charge in [0.2, 0.25) is 0 Å². The van der Waals surface area contributed by atoms with Gasteiger partial charge in [-0.05, 0) is 18.2 Å². The van der Waals surface area contributed by atoms with Crippen LogP contribution in [0.3, 0.4) is 0 Å². The van der Waals surface area contributed by atoms with E-state index >= 15 is 0 Å². The highest BCUT2D eigenvalue weighted by Gasteiger charge is 2.07. The summed E-state index contributed by atoms with van der Waals surface area (Å²) in [5, 5.41) is 9.26. The number of para-hydroxylation sites is 1. The molecule has 1 aromatic carbocycles. The minimum Gasteiger partial charge on any atom is -0.392 e. The van der Waals surface area contributed by atoms with E-state index in [1.807, 2.05) is 48.3 Å². The zero-order chi connectivity index (χ0) is 11.4. The van der Waals surface area contributed by atoms with Crippen LogP contribution in [0.2, 0.25) is 0 Å². The van der Waals surface area contributed by atoms with E-state index in [9.17, 15) is 5.11 Å². The molecular formula is C13H14N2O. The molecule has 0 saturated carbocycles. The van der Waals surface area contributed by atoms with Gasteiger partial charge in [-0.25, -0.2) is 0 Å². The molecule has 3 nitrogen and oxygen atoms in total. The van der Waals surface area contributed by atoms with Crippen LogP contribution in [-0.2, 0) is 6.61 Å². The molecule has 1 aromatic heterocycles. The van der Waals surface area contributed by atoms with Gasteiger partial charge in [-0.1, -0.05) is 18.2 Å². The van der Waals surface area contributed by atoms with Crippen molar-refractivity contribution >= 4 is 11.4 Å². The molecule has 0 amide bonds. The van der Waals surface area contributed by atoms with Crippen molar-refractivity contribution in [1.82, 2.24) is 4.98 Å². The van der Waals surface area contributed by atoms with Gasteiger partial charge in [0.1, 0.15) is 0 Å². The van der Waals surface area contributed by atoms with E-state index < -0.39 is 0 Å². The van der Waals surface area contributed by atoms with Gasteiger partial charge in [-0.2, -0.15) is 0 Å². The summed E-state index contributed by atoms with van der Waals surface area (Å²) in [6.07, 6.45) is 3.45. The minimum absolute atomic E-state index is 0.0228. The molecule has 2 rings (SSSR count). The van der Waals surface area contributed by atoms with Crippen molar-refractivity contribution in [2.24, 2.45) is 0 Å². The van der Waals surface area contributed by atoms with Crippen molar-refractivity contribution in [3.63, 3.8) is 0 Å². The summed E-state index contributed by atoms with van der Waals surface area (Å²) < 4.78 is 0. The summed E-state index contributed by atoms with van der Waals surface area (Å²) >= 11 is 0. The minimum atomic E-state index is 0.0228. The average molecular weight is 214 g/mol. The normalized spacial score (nSPS) is 10.1. The van der Waals surface area contributed by atoms with Gasteiger partial charge in [0.25, 0.3) is 0 Å². The van der Waals surface area contributed by atoms with Crippen molar-refractivity contribution in [3.8, 4) is 0 Å². The summed E-state index contributed by atoms with van der Waals surface area (Å²) in [7, 11) is 1.96. The molecule has 1 heterocycles. The fourth-order valence-corrected chi connectivity index (χ4v) is 1.64. The van der Waals surface area contributed by atoms with E-state index in [2.05, 4.69) is 4.98 Å². The molecule has 0 radical (unpaired) electrons.